The van der Waals surface area contributed by atoms with Gasteiger partial charge in [0.1, 0.15) is 23.0 Å². The number of likely N-dealkylation sites (N-methyl/N-ethyl adjacent to an activating group) is 1. The van der Waals surface area contributed by atoms with Crippen molar-refractivity contribution >= 4 is 50.6 Å². The fraction of sp³-hybridized carbons (Fsp3) is 0.273. The normalized spacial score (nSPS) is 13.6. The number of fused-ring (bicyclic) bond motifs is 3. The molecule has 1 aliphatic heterocycles. The monoisotopic (exact) mass is 452 g/mol. The molecule has 1 amide bonds. The molecule has 0 fully saturated rings. The Hall–Kier alpha value is -2.99. The molecule has 7 nitrogen and oxygen atoms in total. The van der Waals surface area contributed by atoms with Gasteiger partial charge in [-0.3, -0.25) is 4.79 Å². The lowest BCUT2D eigenvalue weighted by molar-refractivity contribution is -0.126. The average molecular weight is 453 g/mol. The van der Waals surface area contributed by atoms with Crippen LogP contribution < -0.4 is 5.32 Å². The molecule has 1 N–H and O–H groups in total. The van der Waals surface area contributed by atoms with Crippen molar-refractivity contribution in [3.63, 3.8) is 0 Å². The number of thiophene rings is 1. The van der Waals surface area contributed by atoms with Crippen molar-refractivity contribution in [2.24, 2.45) is 0 Å². The van der Waals surface area contributed by atoms with Crippen LogP contribution in [0.15, 0.2) is 36.7 Å². The fourth-order valence-corrected chi connectivity index (χ4v) is 4.93. The first kappa shape index (κ1) is 21.2. The number of aromatic nitrogens is 2. The maximum absolute atomic E-state index is 12.5. The zero-order chi connectivity index (χ0) is 22.0. The Bertz CT molecular complexity index is 1210. The number of nitriles is 1. The first-order chi connectivity index (χ1) is 15.0. The smallest absolute Gasteiger partial charge is 0.246 e. The van der Waals surface area contributed by atoms with Crippen LogP contribution in [0.5, 0.6) is 0 Å². The number of carbonyl (C=O) groups excluding carboxylic acids is 1. The highest BCUT2D eigenvalue weighted by atomic mass is 35.5. The Kier molecular flexibility index (Phi) is 6.18. The third-order valence-electron chi connectivity index (χ3n) is 5.03. The van der Waals surface area contributed by atoms with E-state index in [-0.39, 0.29) is 5.91 Å². The van der Waals surface area contributed by atoms with Gasteiger partial charge >= 0.3 is 0 Å². The van der Waals surface area contributed by atoms with Crippen molar-refractivity contribution in [3.05, 3.63) is 57.7 Å². The van der Waals surface area contributed by atoms with E-state index in [1.807, 2.05) is 30.0 Å². The fourth-order valence-electron chi connectivity index (χ4n) is 3.50. The third kappa shape index (κ3) is 4.54. The maximum Gasteiger partial charge on any atom is 0.246 e. The van der Waals surface area contributed by atoms with E-state index < -0.39 is 0 Å². The van der Waals surface area contributed by atoms with Crippen LogP contribution in [0.3, 0.4) is 0 Å². The van der Waals surface area contributed by atoms with Crippen LogP contribution in [0.2, 0.25) is 5.02 Å². The van der Waals surface area contributed by atoms with Crippen LogP contribution >= 0.6 is 22.9 Å². The number of amides is 1. The molecule has 4 rings (SSSR count). The standard InChI is InChI=1S/C22H21ClN6OS/c1-28(2)8-3-4-19(30)29-9-7-16-18(12-29)31-22-20(16)21(25-13-26-22)27-15-6-5-14(11-24)17(23)10-15/h3-6,10,13H,7-9,12H2,1-2H3,(H,25,26,27). The van der Waals surface area contributed by atoms with E-state index >= 15 is 0 Å². The van der Waals surface area contributed by atoms with Crippen LogP contribution in [0.4, 0.5) is 11.5 Å². The molecule has 0 aliphatic carbocycles. The van der Waals surface area contributed by atoms with Gasteiger partial charge in [0.15, 0.2) is 0 Å². The highest BCUT2D eigenvalue weighted by Gasteiger charge is 2.25. The summed E-state index contributed by atoms with van der Waals surface area (Å²) in [4.78, 5) is 27.3. The average Bonchev–Trinajstić information content (AvgIpc) is 3.12. The summed E-state index contributed by atoms with van der Waals surface area (Å²) in [5.41, 5.74) is 2.36. The van der Waals surface area contributed by atoms with E-state index in [4.69, 9.17) is 16.9 Å². The second-order valence-electron chi connectivity index (χ2n) is 7.51. The first-order valence-electron chi connectivity index (χ1n) is 9.78. The van der Waals surface area contributed by atoms with Crippen molar-refractivity contribution in [1.82, 2.24) is 19.8 Å². The van der Waals surface area contributed by atoms with E-state index in [9.17, 15) is 4.79 Å². The Balaban J connectivity index is 1.59. The second-order valence-corrected chi connectivity index (χ2v) is 9.00. The van der Waals surface area contributed by atoms with Gasteiger partial charge in [0.2, 0.25) is 5.91 Å². The van der Waals surface area contributed by atoms with Gasteiger partial charge in [-0.05, 0) is 44.3 Å². The number of halogens is 1. The lowest BCUT2D eigenvalue weighted by atomic mass is 10.0. The van der Waals surface area contributed by atoms with Crippen molar-refractivity contribution in [2.75, 3.05) is 32.5 Å². The largest absolute Gasteiger partial charge is 0.340 e. The molecule has 3 aromatic rings. The number of nitrogens with zero attached hydrogens (tertiary/aromatic N) is 5. The summed E-state index contributed by atoms with van der Waals surface area (Å²) in [6, 6.07) is 7.26. The Morgan fingerprint density at radius 2 is 2.26 bits per heavy atom. The number of hydrogen-bond donors (Lipinski definition) is 1. The van der Waals surface area contributed by atoms with Gasteiger partial charge < -0.3 is 15.1 Å². The van der Waals surface area contributed by atoms with Crippen molar-refractivity contribution in [1.29, 1.82) is 5.26 Å². The topological polar surface area (TPSA) is 85.2 Å². The number of benzene rings is 1. The molecule has 9 heteroatoms. The molecule has 0 atom stereocenters. The molecule has 0 spiro atoms. The SMILES string of the molecule is CN(C)CC=CC(=O)N1CCc2c(sc3ncnc(Nc4ccc(C#N)c(Cl)c4)c23)C1. The summed E-state index contributed by atoms with van der Waals surface area (Å²) in [7, 11) is 3.94. The molecular formula is C22H21ClN6OS. The highest BCUT2D eigenvalue weighted by Crippen LogP contribution is 2.38. The molecule has 158 valence electrons. The van der Waals surface area contributed by atoms with Crippen LogP contribution in [0.1, 0.15) is 16.0 Å². The lowest BCUT2D eigenvalue weighted by Crippen LogP contribution is -2.34. The zero-order valence-electron chi connectivity index (χ0n) is 17.2. The molecule has 0 radical (unpaired) electrons. The van der Waals surface area contributed by atoms with Crippen LogP contribution in [-0.4, -0.2) is 52.9 Å². The Labute approximate surface area is 189 Å². The maximum atomic E-state index is 12.5. The first-order valence-corrected chi connectivity index (χ1v) is 11.0. The summed E-state index contributed by atoms with van der Waals surface area (Å²) >= 11 is 7.77. The molecule has 0 saturated carbocycles. The van der Waals surface area contributed by atoms with Gasteiger partial charge in [0.05, 0.1) is 22.5 Å². The minimum Gasteiger partial charge on any atom is -0.340 e. The van der Waals surface area contributed by atoms with Crippen molar-refractivity contribution < 1.29 is 4.79 Å². The highest BCUT2D eigenvalue weighted by molar-refractivity contribution is 7.19. The van der Waals surface area contributed by atoms with Gasteiger partial charge in [-0.1, -0.05) is 17.7 Å². The minimum absolute atomic E-state index is 0.0293. The third-order valence-corrected chi connectivity index (χ3v) is 6.47. The molecular weight excluding hydrogens is 432 g/mol. The summed E-state index contributed by atoms with van der Waals surface area (Å²) in [6.07, 6.45) is 5.82. The summed E-state index contributed by atoms with van der Waals surface area (Å²) in [6.45, 7) is 1.96. The van der Waals surface area contributed by atoms with E-state index in [1.54, 1.807) is 35.6 Å². The van der Waals surface area contributed by atoms with Crippen LogP contribution in [0.25, 0.3) is 10.2 Å². The van der Waals surface area contributed by atoms with E-state index in [0.29, 0.717) is 29.5 Å². The predicted molar refractivity (Wildman–Crippen MR) is 124 cm³/mol. The van der Waals surface area contributed by atoms with Crippen molar-refractivity contribution in [3.8, 4) is 6.07 Å². The van der Waals surface area contributed by atoms with Gasteiger partial charge in [-0.15, -0.1) is 11.3 Å². The number of hydrogen-bond acceptors (Lipinski definition) is 7. The van der Waals surface area contributed by atoms with Gasteiger partial charge in [0.25, 0.3) is 0 Å². The number of anilines is 2. The van der Waals surface area contributed by atoms with E-state index in [0.717, 1.165) is 33.7 Å². The number of rotatable bonds is 5. The van der Waals surface area contributed by atoms with Gasteiger partial charge in [-0.2, -0.15) is 5.26 Å². The molecule has 0 bridgehead atoms. The molecule has 3 heterocycles. The molecule has 1 aliphatic rings. The van der Waals surface area contributed by atoms with E-state index in [1.165, 1.54) is 11.9 Å². The summed E-state index contributed by atoms with van der Waals surface area (Å²) in [5, 5.41) is 13.8. The van der Waals surface area contributed by atoms with Crippen LogP contribution in [-0.2, 0) is 17.8 Å². The quantitative estimate of drug-likeness (QED) is 0.590. The van der Waals surface area contributed by atoms with E-state index in [2.05, 4.69) is 21.4 Å². The molecule has 31 heavy (non-hydrogen) atoms. The number of carbonyl (C=O) groups is 1. The molecule has 0 saturated heterocycles. The predicted octanol–water partition coefficient (Wildman–Crippen LogP) is 3.96. The lowest BCUT2D eigenvalue weighted by Gasteiger charge is -2.26. The summed E-state index contributed by atoms with van der Waals surface area (Å²) < 4.78 is 0. The van der Waals surface area contributed by atoms with Crippen molar-refractivity contribution in [2.45, 2.75) is 13.0 Å². The second kappa shape index (κ2) is 9.02. The van der Waals surface area contributed by atoms with Crippen LogP contribution in [0, 0.1) is 11.3 Å². The number of nitrogens with one attached hydrogen (secondary N) is 1. The molecule has 1 aromatic carbocycles. The minimum atomic E-state index is 0.0293. The van der Waals surface area contributed by atoms with Gasteiger partial charge in [-0.25, -0.2) is 9.97 Å². The van der Waals surface area contributed by atoms with Gasteiger partial charge in [0, 0.05) is 29.7 Å². The Morgan fingerprint density at radius 1 is 1.42 bits per heavy atom. The summed E-state index contributed by atoms with van der Waals surface area (Å²) in [5.74, 6) is 0.732. The zero-order valence-corrected chi connectivity index (χ0v) is 18.8. The molecule has 0 unspecified atom stereocenters. The Morgan fingerprint density at radius 3 is 3.00 bits per heavy atom. The molecule has 2 aromatic heterocycles.